The fourth-order valence-electron chi connectivity index (χ4n) is 2.58. The Morgan fingerprint density at radius 1 is 1.12 bits per heavy atom. The van der Waals surface area contributed by atoms with E-state index in [0.29, 0.717) is 13.1 Å². The molecule has 1 aromatic carbocycles. The molecule has 0 fully saturated rings. The van der Waals surface area contributed by atoms with Crippen LogP contribution < -0.4 is 11.5 Å². The van der Waals surface area contributed by atoms with Gasteiger partial charge in [0.05, 0.1) is 5.52 Å². The Bertz CT molecular complexity index is 526. The third kappa shape index (κ3) is 2.21. The maximum atomic E-state index is 5.68. The lowest BCUT2D eigenvalue weighted by Crippen LogP contribution is -2.09. The van der Waals surface area contributed by atoms with Crippen molar-refractivity contribution in [1.29, 1.82) is 0 Å². The highest BCUT2D eigenvalue weighted by atomic mass is 15.0. The van der Waals surface area contributed by atoms with Crippen molar-refractivity contribution in [1.82, 2.24) is 4.57 Å². The van der Waals surface area contributed by atoms with Crippen LogP contribution in [-0.2, 0) is 13.0 Å². The smallest absolute Gasteiger partial charge is 0.0513 e. The van der Waals surface area contributed by atoms with E-state index >= 15 is 0 Å². The van der Waals surface area contributed by atoms with E-state index in [1.165, 1.54) is 27.6 Å². The van der Waals surface area contributed by atoms with Gasteiger partial charge in [-0.1, -0.05) is 11.6 Å². The van der Waals surface area contributed by atoms with Crippen molar-refractivity contribution < 1.29 is 0 Å². The Balaban J connectivity index is 2.67. The SMILES string of the molecule is Cc1cc(C)c2c(c1)c(CCN)cn2CCN. The highest BCUT2D eigenvalue weighted by Gasteiger charge is 2.10. The molecule has 1 heterocycles. The Labute approximate surface area is 102 Å². The quantitative estimate of drug-likeness (QED) is 0.841. The van der Waals surface area contributed by atoms with E-state index in [0.717, 1.165) is 13.0 Å². The number of hydrogen-bond acceptors (Lipinski definition) is 2. The molecule has 17 heavy (non-hydrogen) atoms. The van der Waals surface area contributed by atoms with Crippen LogP contribution in [0.15, 0.2) is 18.3 Å². The molecular formula is C14H21N3. The Kier molecular flexibility index (Phi) is 3.50. The predicted octanol–water partition coefficient (Wildman–Crippen LogP) is 1.72. The van der Waals surface area contributed by atoms with Crippen molar-refractivity contribution in [2.75, 3.05) is 13.1 Å². The number of fused-ring (bicyclic) bond motifs is 1. The molecule has 0 aliphatic carbocycles. The lowest BCUT2D eigenvalue weighted by atomic mass is 10.0. The van der Waals surface area contributed by atoms with Gasteiger partial charge in [-0.25, -0.2) is 0 Å². The van der Waals surface area contributed by atoms with Crippen molar-refractivity contribution in [2.45, 2.75) is 26.8 Å². The number of aryl methyl sites for hydroxylation is 2. The van der Waals surface area contributed by atoms with Gasteiger partial charge in [-0.2, -0.15) is 0 Å². The zero-order valence-corrected chi connectivity index (χ0v) is 10.7. The molecule has 1 aromatic heterocycles. The summed E-state index contributed by atoms with van der Waals surface area (Å²) in [6.07, 6.45) is 3.13. The number of benzene rings is 1. The average Bonchev–Trinajstić information content (AvgIpc) is 2.58. The average molecular weight is 231 g/mol. The van der Waals surface area contributed by atoms with Crippen LogP contribution in [0.3, 0.4) is 0 Å². The van der Waals surface area contributed by atoms with Gasteiger partial charge in [0.25, 0.3) is 0 Å². The minimum atomic E-state index is 0.666. The Hall–Kier alpha value is -1.32. The molecule has 0 saturated carbocycles. The summed E-state index contributed by atoms with van der Waals surface area (Å²) >= 11 is 0. The summed E-state index contributed by atoms with van der Waals surface area (Å²) in [6.45, 7) is 6.52. The van der Waals surface area contributed by atoms with Crippen molar-refractivity contribution >= 4 is 10.9 Å². The second kappa shape index (κ2) is 4.90. The first kappa shape index (κ1) is 12.1. The van der Waals surface area contributed by atoms with E-state index < -0.39 is 0 Å². The zero-order chi connectivity index (χ0) is 12.4. The minimum Gasteiger partial charge on any atom is -0.346 e. The van der Waals surface area contributed by atoms with Gasteiger partial charge in [-0.15, -0.1) is 0 Å². The first-order valence-electron chi connectivity index (χ1n) is 6.16. The first-order valence-corrected chi connectivity index (χ1v) is 6.16. The second-order valence-electron chi connectivity index (χ2n) is 4.65. The summed E-state index contributed by atoms with van der Waals surface area (Å²) in [4.78, 5) is 0. The van der Waals surface area contributed by atoms with Crippen LogP contribution in [-0.4, -0.2) is 17.7 Å². The van der Waals surface area contributed by atoms with Crippen LogP contribution >= 0.6 is 0 Å². The van der Waals surface area contributed by atoms with Gasteiger partial charge in [0.1, 0.15) is 0 Å². The van der Waals surface area contributed by atoms with Gasteiger partial charge < -0.3 is 16.0 Å². The molecule has 3 nitrogen and oxygen atoms in total. The Morgan fingerprint density at radius 3 is 2.53 bits per heavy atom. The molecule has 0 radical (unpaired) electrons. The molecule has 0 atom stereocenters. The zero-order valence-electron chi connectivity index (χ0n) is 10.7. The maximum Gasteiger partial charge on any atom is 0.0513 e. The third-order valence-electron chi connectivity index (χ3n) is 3.17. The largest absolute Gasteiger partial charge is 0.346 e. The maximum absolute atomic E-state index is 5.68. The number of hydrogen-bond donors (Lipinski definition) is 2. The van der Waals surface area contributed by atoms with Gasteiger partial charge >= 0.3 is 0 Å². The topological polar surface area (TPSA) is 57.0 Å². The van der Waals surface area contributed by atoms with Gasteiger partial charge in [-0.05, 0) is 44.0 Å². The van der Waals surface area contributed by atoms with Gasteiger partial charge in [-0.3, -0.25) is 0 Å². The summed E-state index contributed by atoms with van der Waals surface area (Å²) in [5.74, 6) is 0. The number of aromatic nitrogens is 1. The van der Waals surface area contributed by atoms with E-state index in [-0.39, 0.29) is 0 Å². The summed E-state index contributed by atoms with van der Waals surface area (Å²) in [6, 6.07) is 4.47. The summed E-state index contributed by atoms with van der Waals surface area (Å²) in [7, 11) is 0. The van der Waals surface area contributed by atoms with E-state index in [1.54, 1.807) is 0 Å². The molecule has 0 spiro atoms. The Morgan fingerprint density at radius 2 is 1.88 bits per heavy atom. The van der Waals surface area contributed by atoms with E-state index in [1.807, 2.05) is 0 Å². The molecule has 0 bridgehead atoms. The van der Waals surface area contributed by atoms with Crippen molar-refractivity contribution in [3.63, 3.8) is 0 Å². The second-order valence-corrected chi connectivity index (χ2v) is 4.65. The monoisotopic (exact) mass is 231 g/mol. The lowest BCUT2D eigenvalue weighted by Gasteiger charge is -2.06. The van der Waals surface area contributed by atoms with Gasteiger partial charge in [0.2, 0.25) is 0 Å². The minimum absolute atomic E-state index is 0.666. The first-order chi connectivity index (χ1) is 8.17. The summed E-state index contributed by atoms with van der Waals surface area (Å²) < 4.78 is 2.26. The number of nitrogens with zero attached hydrogens (tertiary/aromatic N) is 1. The van der Waals surface area contributed by atoms with Crippen LogP contribution in [0.2, 0.25) is 0 Å². The fourth-order valence-corrected chi connectivity index (χ4v) is 2.58. The molecule has 0 aliphatic rings. The van der Waals surface area contributed by atoms with Crippen LogP contribution in [0.1, 0.15) is 16.7 Å². The molecule has 2 aromatic rings. The molecule has 3 heteroatoms. The van der Waals surface area contributed by atoms with Crippen LogP contribution in [0.4, 0.5) is 0 Å². The van der Waals surface area contributed by atoms with E-state index in [9.17, 15) is 0 Å². The molecule has 0 unspecified atom stereocenters. The van der Waals surface area contributed by atoms with Gasteiger partial charge in [0, 0.05) is 24.7 Å². The molecule has 0 aliphatic heterocycles. The molecule has 2 rings (SSSR count). The number of rotatable bonds is 4. The van der Waals surface area contributed by atoms with Gasteiger partial charge in [0.15, 0.2) is 0 Å². The third-order valence-corrected chi connectivity index (χ3v) is 3.17. The standard InChI is InChI=1S/C14H21N3/c1-10-7-11(2)14-13(8-10)12(3-4-15)9-17(14)6-5-16/h7-9H,3-6,15-16H2,1-2H3. The molecular weight excluding hydrogens is 210 g/mol. The highest BCUT2D eigenvalue weighted by molar-refractivity contribution is 5.87. The fraction of sp³-hybridized carbons (Fsp3) is 0.429. The van der Waals surface area contributed by atoms with Crippen molar-refractivity contribution in [3.8, 4) is 0 Å². The molecule has 0 amide bonds. The molecule has 4 N–H and O–H groups in total. The van der Waals surface area contributed by atoms with Crippen molar-refractivity contribution in [3.05, 3.63) is 35.0 Å². The molecule has 92 valence electrons. The van der Waals surface area contributed by atoms with Crippen molar-refractivity contribution in [2.24, 2.45) is 11.5 Å². The number of nitrogens with two attached hydrogens (primary N) is 2. The van der Waals surface area contributed by atoms with E-state index in [4.69, 9.17) is 11.5 Å². The molecule has 0 saturated heterocycles. The van der Waals surface area contributed by atoms with Crippen LogP contribution in [0.5, 0.6) is 0 Å². The summed E-state index contributed by atoms with van der Waals surface area (Å²) in [5.41, 5.74) is 16.6. The normalized spacial score (nSPS) is 11.3. The van der Waals surface area contributed by atoms with Crippen LogP contribution in [0.25, 0.3) is 10.9 Å². The summed E-state index contributed by atoms with van der Waals surface area (Å²) in [5, 5.41) is 1.33. The highest BCUT2D eigenvalue weighted by Crippen LogP contribution is 2.26. The lowest BCUT2D eigenvalue weighted by molar-refractivity contribution is 0.730. The van der Waals surface area contributed by atoms with Crippen LogP contribution in [0, 0.1) is 13.8 Å². The van der Waals surface area contributed by atoms with E-state index in [2.05, 4.69) is 36.7 Å². The predicted molar refractivity (Wildman–Crippen MR) is 73.2 cm³/mol.